The molecule has 1 unspecified atom stereocenters. The Bertz CT molecular complexity index is 693. The highest BCUT2D eigenvalue weighted by Crippen LogP contribution is 2.15. The number of ether oxygens (including phenoxy) is 1. The van der Waals surface area contributed by atoms with E-state index in [1.807, 2.05) is 6.07 Å². The minimum atomic E-state index is -0.254. The Kier molecular flexibility index (Phi) is 5.00. The van der Waals surface area contributed by atoms with Crippen LogP contribution in [0.2, 0.25) is 0 Å². The second kappa shape index (κ2) is 7.54. The van der Waals surface area contributed by atoms with Crippen molar-refractivity contribution < 1.29 is 14.3 Å². The molecule has 7 nitrogen and oxygen atoms in total. The Labute approximate surface area is 139 Å². The molecule has 1 N–H and O–H groups in total. The predicted octanol–water partition coefficient (Wildman–Crippen LogP) is 0.886. The molecule has 24 heavy (non-hydrogen) atoms. The summed E-state index contributed by atoms with van der Waals surface area (Å²) >= 11 is 0. The summed E-state index contributed by atoms with van der Waals surface area (Å²) in [4.78, 5) is 25.8. The van der Waals surface area contributed by atoms with Gasteiger partial charge in [0.1, 0.15) is 6.10 Å². The summed E-state index contributed by atoms with van der Waals surface area (Å²) < 4.78 is 5.70. The van der Waals surface area contributed by atoms with Crippen LogP contribution in [0.5, 0.6) is 5.88 Å². The van der Waals surface area contributed by atoms with Crippen LogP contribution in [0.3, 0.4) is 0 Å². The van der Waals surface area contributed by atoms with Crippen molar-refractivity contribution in [2.24, 2.45) is 0 Å². The zero-order valence-corrected chi connectivity index (χ0v) is 13.1. The molecule has 1 aromatic heterocycles. The van der Waals surface area contributed by atoms with E-state index in [-0.39, 0.29) is 24.5 Å². The smallest absolute Gasteiger partial charge is 0.251 e. The molecular weight excluding hydrogens is 308 g/mol. The van der Waals surface area contributed by atoms with Gasteiger partial charge in [-0.05, 0) is 18.2 Å². The zero-order chi connectivity index (χ0) is 16.8. The molecule has 2 aromatic rings. The second-order valence-electron chi connectivity index (χ2n) is 5.48. The highest BCUT2D eigenvalue weighted by atomic mass is 16.5. The normalized spacial score (nSPS) is 16.7. The molecular formula is C17H18N4O3. The van der Waals surface area contributed by atoms with Gasteiger partial charge in [-0.25, -0.2) is 0 Å². The Hall–Kier alpha value is -2.96. The average molecular weight is 326 g/mol. The molecule has 2 heterocycles. The van der Waals surface area contributed by atoms with E-state index in [9.17, 15) is 9.59 Å². The van der Waals surface area contributed by atoms with Crippen molar-refractivity contribution in [1.29, 1.82) is 0 Å². The lowest BCUT2D eigenvalue weighted by Crippen LogP contribution is -2.39. The van der Waals surface area contributed by atoms with Crippen molar-refractivity contribution in [1.82, 2.24) is 20.4 Å². The van der Waals surface area contributed by atoms with Crippen LogP contribution in [0.15, 0.2) is 48.7 Å². The summed E-state index contributed by atoms with van der Waals surface area (Å²) in [6.45, 7) is 1.06. The van der Waals surface area contributed by atoms with Gasteiger partial charge < -0.3 is 15.0 Å². The SMILES string of the molecule is O=C(NCC(=O)N1CCC(Oc2cccnn2)C1)c1ccccc1. The number of benzene rings is 1. The molecule has 7 heteroatoms. The van der Waals surface area contributed by atoms with Gasteiger partial charge in [0, 0.05) is 30.8 Å². The van der Waals surface area contributed by atoms with Gasteiger partial charge in [-0.2, -0.15) is 5.10 Å². The molecule has 124 valence electrons. The van der Waals surface area contributed by atoms with Gasteiger partial charge in [-0.15, -0.1) is 5.10 Å². The molecule has 1 aliphatic rings. The van der Waals surface area contributed by atoms with E-state index in [2.05, 4.69) is 15.5 Å². The third-order valence-corrected chi connectivity index (χ3v) is 3.77. The summed E-state index contributed by atoms with van der Waals surface area (Å²) in [5.74, 6) is 0.0780. The second-order valence-corrected chi connectivity index (χ2v) is 5.48. The minimum Gasteiger partial charge on any atom is -0.471 e. The third kappa shape index (κ3) is 4.07. The lowest BCUT2D eigenvalue weighted by Gasteiger charge is -2.17. The van der Waals surface area contributed by atoms with Crippen molar-refractivity contribution in [3.63, 3.8) is 0 Å². The van der Waals surface area contributed by atoms with Crippen molar-refractivity contribution >= 4 is 11.8 Å². The van der Waals surface area contributed by atoms with Gasteiger partial charge in [0.25, 0.3) is 5.91 Å². The number of aromatic nitrogens is 2. The fourth-order valence-corrected chi connectivity index (χ4v) is 2.53. The number of rotatable bonds is 5. The number of likely N-dealkylation sites (tertiary alicyclic amines) is 1. The Balaban J connectivity index is 1.45. The van der Waals surface area contributed by atoms with Gasteiger partial charge in [0.15, 0.2) is 0 Å². The first-order chi connectivity index (χ1) is 11.7. The quantitative estimate of drug-likeness (QED) is 0.882. The zero-order valence-electron chi connectivity index (χ0n) is 13.1. The molecule has 1 aliphatic heterocycles. The van der Waals surface area contributed by atoms with Crippen molar-refractivity contribution in [2.75, 3.05) is 19.6 Å². The predicted molar refractivity (Wildman–Crippen MR) is 86.4 cm³/mol. The van der Waals surface area contributed by atoms with Crippen molar-refractivity contribution in [2.45, 2.75) is 12.5 Å². The molecule has 0 spiro atoms. The van der Waals surface area contributed by atoms with Crippen LogP contribution in [0.25, 0.3) is 0 Å². The number of hydrogen-bond donors (Lipinski definition) is 1. The molecule has 3 rings (SSSR count). The molecule has 0 aliphatic carbocycles. The molecule has 2 amide bonds. The fraction of sp³-hybridized carbons (Fsp3) is 0.294. The van der Waals surface area contributed by atoms with E-state index in [4.69, 9.17) is 4.74 Å². The van der Waals surface area contributed by atoms with Crippen LogP contribution in [0.4, 0.5) is 0 Å². The van der Waals surface area contributed by atoms with Gasteiger partial charge >= 0.3 is 0 Å². The molecule has 1 fully saturated rings. The number of hydrogen-bond acceptors (Lipinski definition) is 5. The van der Waals surface area contributed by atoms with E-state index in [0.717, 1.165) is 6.42 Å². The standard InChI is InChI=1S/C17H18N4O3/c22-16(11-18-17(23)13-5-2-1-3-6-13)21-10-8-14(12-21)24-15-7-4-9-19-20-15/h1-7,9,14H,8,10-12H2,(H,18,23). The highest BCUT2D eigenvalue weighted by molar-refractivity contribution is 5.96. The largest absolute Gasteiger partial charge is 0.471 e. The molecule has 0 bridgehead atoms. The van der Waals surface area contributed by atoms with E-state index in [0.29, 0.717) is 24.5 Å². The maximum atomic E-state index is 12.2. The fourth-order valence-electron chi connectivity index (χ4n) is 2.53. The van der Waals surface area contributed by atoms with Crippen LogP contribution >= 0.6 is 0 Å². The molecule has 1 aromatic carbocycles. The van der Waals surface area contributed by atoms with Gasteiger partial charge in [0.2, 0.25) is 11.8 Å². The Morgan fingerprint density at radius 1 is 1.21 bits per heavy atom. The lowest BCUT2D eigenvalue weighted by molar-refractivity contribution is -0.129. The van der Waals surface area contributed by atoms with Gasteiger partial charge in [-0.1, -0.05) is 18.2 Å². The first-order valence-corrected chi connectivity index (χ1v) is 7.78. The monoisotopic (exact) mass is 326 g/mol. The number of carbonyl (C=O) groups excluding carboxylic acids is 2. The number of amides is 2. The van der Waals surface area contributed by atoms with Crippen LogP contribution < -0.4 is 10.1 Å². The van der Waals surface area contributed by atoms with Gasteiger partial charge in [0.05, 0.1) is 13.1 Å². The Morgan fingerprint density at radius 2 is 2.04 bits per heavy atom. The maximum Gasteiger partial charge on any atom is 0.251 e. The summed E-state index contributed by atoms with van der Waals surface area (Å²) in [6, 6.07) is 12.3. The minimum absolute atomic E-state index is 0.0222. The van der Waals surface area contributed by atoms with E-state index in [1.54, 1.807) is 47.5 Å². The van der Waals surface area contributed by atoms with Crippen molar-refractivity contribution in [3.8, 4) is 5.88 Å². The topological polar surface area (TPSA) is 84.4 Å². The average Bonchev–Trinajstić information content (AvgIpc) is 3.09. The number of carbonyl (C=O) groups is 2. The van der Waals surface area contributed by atoms with Gasteiger partial charge in [-0.3, -0.25) is 9.59 Å². The van der Waals surface area contributed by atoms with E-state index in [1.165, 1.54) is 0 Å². The molecule has 0 radical (unpaired) electrons. The molecule has 1 saturated heterocycles. The van der Waals surface area contributed by atoms with E-state index >= 15 is 0 Å². The molecule has 1 atom stereocenters. The summed E-state index contributed by atoms with van der Waals surface area (Å²) in [6.07, 6.45) is 2.21. The summed E-state index contributed by atoms with van der Waals surface area (Å²) in [5, 5.41) is 10.3. The summed E-state index contributed by atoms with van der Waals surface area (Å²) in [7, 11) is 0. The summed E-state index contributed by atoms with van der Waals surface area (Å²) in [5.41, 5.74) is 0.538. The number of nitrogens with zero attached hydrogens (tertiary/aromatic N) is 3. The Morgan fingerprint density at radius 3 is 2.79 bits per heavy atom. The van der Waals surface area contributed by atoms with Crippen LogP contribution in [-0.2, 0) is 4.79 Å². The number of nitrogens with one attached hydrogen (secondary N) is 1. The van der Waals surface area contributed by atoms with Crippen LogP contribution in [0, 0.1) is 0 Å². The van der Waals surface area contributed by atoms with E-state index < -0.39 is 0 Å². The van der Waals surface area contributed by atoms with Crippen molar-refractivity contribution in [3.05, 3.63) is 54.2 Å². The lowest BCUT2D eigenvalue weighted by atomic mass is 10.2. The first-order valence-electron chi connectivity index (χ1n) is 7.78. The third-order valence-electron chi connectivity index (χ3n) is 3.77. The molecule has 0 saturated carbocycles. The van der Waals surface area contributed by atoms with Crippen LogP contribution in [0.1, 0.15) is 16.8 Å². The first kappa shape index (κ1) is 15.9. The highest BCUT2D eigenvalue weighted by Gasteiger charge is 2.28. The van der Waals surface area contributed by atoms with Crippen LogP contribution in [-0.4, -0.2) is 52.6 Å². The maximum absolute atomic E-state index is 12.2.